The van der Waals surface area contributed by atoms with Gasteiger partial charge in [-0.25, -0.2) is 0 Å². The summed E-state index contributed by atoms with van der Waals surface area (Å²) in [4.78, 5) is 28.9. The van der Waals surface area contributed by atoms with Crippen molar-refractivity contribution in [2.75, 3.05) is 32.8 Å². The molecule has 1 N–H and O–H groups in total. The third-order valence-electron chi connectivity index (χ3n) is 7.34. The van der Waals surface area contributed by atoms with Crippen molar-refractivity contribution in [1.82, 2.24) is 9.80 Å². The third-order valence-corrected chi connectivity index (χ3v) is 7.34. The van der Waals surface area contributed by atoms with E-state index in [1.165, 1.54) is 0 Å². The number of rotatable bonds is 7. The van der Waals surface area contributed by atoms with Crippen LogP contribution in [-0.4, -0.2) is 71.2 Å². The lowest BCUT2D eigenvalue weighted by molar-refractivity contribution is -0.158. The van der Waals surface area contributed by atoms with Gasteiger partial charge in [0.15, 0.2) is 0 Å². The van der Waals surface area contributed by atoms with E-state index < -0.39 is 5.60 Å². The van der Waals surface area contributed by atoms with Crippen molar-refractivity contribution < 1.29 is 19.4 Å². The number of nitrogens with zero attached hydrogens (tertiary/aromatic N) is 2. The maximum atomic E-state index is 12.8. The van der Waals surface area contributed by atoms with E-state index in [0.29, 0.717) is 43.1 Å². The zero-order chi connectivity index (χ0) is 19.3. The van der Waals surface area contributed by atoms with E-state index in [0.717, 1.165) is 39.0 Å². The average molecular weight is 379 g/mol. The predicted octanol–water partition coefficient (Wildman–Crippen LogP) is 1.52. The van der Waals surface area contributed by atoms with Crippen LogP contribution in [0.25, 0.3) is 0 Å². The second-order valence-electron chi connectivity index (χ2n) is 9.82. The molecule has 152 valence electrons. The molecular weight excluding hydrogens is 344 g/mol. The summed E-state index contributed by atoms with van der Waals surface area (Å²) in [7, 11) is 0. The highest BCUT2D eigenvalue weighted by molar-refractivity contribution is 5.88. The Morgan fingerprint density at radius 3 is 2.15 bits per heavy atom. The largest absolute Gasteiger partial charge is 0.393 e. The number of ether oxygens (including phenoxy) is 1. The molecule has 4 fully saturated rings. The molecule has 27 heavy (non-hydrogen) atoms. The zero-order valence-corrected chi connectivity index (χ0v) is 16.9. The smallest absolute Gasteiger partial charge is 0.254 e. The van der Waals surface area contributed by atoms with Crippen LogP contribution < -0.4 is 0 Å². The molecule has 1 atom stereocenters. The number of hydrogen-bond acceptors (Lipinski definition) is 4. The molecule has 2 amide bonds. The molecule has 2 saturated carbocycles. The first kappa shape index (κ1) is 19.2. The molecule has 0 radical (unpaired) electrons. The predicted molar refractivity (Wildman–Crippen MR) is 101 cm³/mol. The quantitative estimate of drug-likeness (QED) is 0.729. The lowest BCUT2D eigenvalue weighted by Crippen LogP contribution is -2.57. The van der Waals surface area contributed by atoms with Crippen molar-refractivity contribution in [1.29, 1.82) is 0 Å². The molecule has 2 aliphatic heterocycles. The van der Waals surface area contributed by atoms with Crippen molar-refractivity contribution >= 4 is 11.8 Å². The van der Waals surface area contributed by atoms with Crippen LogP contribution in [0.1, 0.15) is 46.5 Å². The molecule has 0 aromatic heterocycles. The lowest BCUT2D eigenvalue weighted by Gasteiger charge is -2.46. The maximum absolute atomic E-state index is 12.8. The Hall–Kier alpha value is -1.14. The second-order valence-corrected chi connectivity index (χ2v) is 9.82. The Morgan fingerprint density at radius 1 is 1.04 bits per heavy atom. The Balaban J connectivity index is 1.17. The molecular formula is C21H34N2O4. The van der Waals surface area contributed by atoms with Gasteiger partial charge in [-0.2, -0.15) is 0 Å². The van der Waals surface area contributed by atoms with E-state index in [4.69, 9.17) is 4.74 Å². The molecule has 4 aliphatic rings. The molecule has 0 bridgehead atoms. The number of amides is 2. The van der Waals surface area contributed by atoms with Crippen LogP contribution in [-0.2, 0) is 14.3 Å². The van der Waals surface area contributed by atoms with Gasteiger partial charge in [-0.1, -0.05) is 20.8 Å². The molecule has 0 aromatic rings. The molecule has 4 rings (SSSR count). The van der Waals surface area contributed by atoms with Crippen molar-refractivity contribution in [3.8, 4) is 0 Å². The highest BCUT2D eigenvalue weighted by Crippen LogP contribution is 2.44. The van der Waals surface area contributed by atoms with Gasteiger partial charge in [0.2, 0.25) is 5.91 Å². The Labute approximate surface area is 162 Å². The third kappa shape index (κ3) is 3.63. The van der Waals surface area contributed by atoms with Crippen LogP contribution in [0.4, 0.5) is 0 Å². The standard InChI is InChI=1S/C21H34N2O4/c1-13(2)16-8-23(9-16)20(26)21(4-5-21)27-12-14(3)17-10-22(11-17)19(25)15-6-18(24)7-15/h13-18,24H,4-12H2,1-3H3. The van der Waals surface area contributed by atoms with E-state index in [9.17, 15) is 14.7 Å². The summed E-state index contributed by atoms with van der Waals surface area (Å²) in [6.45, 7) is 10.5. The van der Waals surface area contributed by atoms with Crippen molar-refractivity contribution in [2.45, 2.75) is 58.2 Å². The molecule has 6 nitrogen and oxygen atoms in total. The van der Waals surface area contributed by atoms with Crippen LogP contribution in [0.3, 0.4) is 0 Å². The minimum Gasteiger partial charge on any atom is -0.393 e. The normalized spacial score (nSPS) is 31.1. The van der Waals surface area contributed by atoms with Gasteiger partial charge in [-0.05, 0) is 49.4 Å². The topological polar surface area (TPSA) is 70.1 Å². The fourth-order valence-corrected chi connectivity index (χ4v) is 4.45. The summed E-state index contributed by atoms with van der Waals surface area (Å²) < 4.78 is 6.14. The first-order chi connectivity index (χ1) is 12.8. The van der Waals surface area contributed by atoms with Crippen molar-refractivity contribution in [2.24, 2.45) is 29.6 Å². The van der Waals surface area contributed by atoms with E-state index >= 15 is 0 Å². The van der Waals surface area contributed by atoms with Gasteiger partial charge in [-0.15, -0.1) is 0 Å². The summed E-state index contributed by atoms with van der Waals surface area (Å²) in [6, 6.07) is 0. The summed E-state index contributed by atoms with van der Waals surface area (Å²) >= 11 is 0. The van der Waals surface area contributed by atoms with Crippen LogP contribution in [0.2, 0.25) is 0 Å². The molecule has 2 heterocycles. The van der Waals surface area contributed by atoms with Gasteiger partial charge >= 0.3 is 0 Å². The summed E-state index contributed by atoms with van der Waals surface area (Å²) in [5.41, 5.74) is -0.544. The number of carbonyl (C=O) groups is 2. The summed E-state index contributed by atoms with van der Waals surface area (Å²) in [5.74, 6) is 2.52. The number of aliphatic hydroxyl groups excluding tert-OH is 1. The minimum absolute atomic E-state index is 0.0334. The van der Waals surface area contributed by atoms with E-state index in [-0.39, 0.29) is 23.8 Å². The Bertz CT molecular complexity index is 585. The molecule has 6 heteroatoms. The highest BCUT2D eigenvalue weighted by atomic mass is 16.5. The summed E-state index contributed by atoms with van der Waals surface area (Å²) in [5, 5.41) is 9.36. The van der Waals surface area contributed by atoms with Gasteiger partial charge in [-0.3, -0.25) is 9.59 Å². The van der Waals surface area contributed by atoms with Gasteiger partial charge < -0.3 is 19.6 Å². The van der Waals surface area contributed by atoms with Crippen LogP contribution in [0, 0.1) is 29.6 Å². The number of hydrogen-bond donors (Lipinski definition) is 1. The lowest BCUT2D eigenvalue weighted by atomic mass is 9.79. The van der Waals surface area contributed by atoms with E-state index in [2.05, 4.69) is 20.8 Å². The molecule has 2 aliphatic carbocycles. The van der Waals surface area contributed by atoms with E-state index in [1.54, 1.807) is 0 Å². The Morgan fingerprint density at radius 2 is 1.63 bits per heavy atom. The fourth-order valence-electron chi connectivity index (χ4n) is 4.45. The molecule has 0 spiro atoms. The first-order valence-electron chi connectivity index (χ1n) is 10.7. The maximum Gasteiger partial charge on any atom is 0.254 e. The van der Waals surface area contributed by atoms with E-state index in [1.807, 2.05) is 9.80 Å². The second kappa shape index (κ2) is 7.03. The molecule has 0 aromatic carbocycles. The Kier molecular flexibility index (Phi) is 5.00. The monoisotopic (exact) mass is 378 g/mol. The minimum atomic E-state index is -0.544. The average Bonchev–Trinajstić information content (AvgIpc) is 3.27. The van der Waals surface area contributed by atoms with Crippen LogP contribution in [0.5, 0.6) is 0 Å². The number of likely N-dealkylation sites (tertiary alicyclic amines) is 2. The molecule has 2 saturated heterocycles. The highest BCUT2D eigenvalue weighted by Gasteiger charge is 2.55. The zero-order valence-electron chi connectivity index (χ0n) is 16.9. The van der Waals surface area contributed by atoms with Crippen LogP contribution in [0.15, 0.2) is 0 Å². The molecule has 1 unspecified atom stereocenters. The van der Waals surface area contributed by atoms with Gasteiger partial charge in [0.1, 0.15) is 5.60 Å². The van der Waals surface area contributed by atoms with Crippen molar-refractivity contribution in [3.05, 3.63) is 0 Å². The van der Waals surface area contributed by atoms with Crippen molar-refractivity contribution in [3.63, 3.8) is 0 Å². The van der Waals surface area contributed by atoms with Gasteiger partial charge in [0.25, 0.3) is 5.91 Å². The number of carbonyl (C=O) groups excluding carboxylic acids is 2. The van der Waals surface area contributed by atoms with Gasteiger partial charge in [0.05, 0.1) is 12.7 Å². The van der Waals surface area contributed by atoms with Crippen LogP contribution >= 0.6 is 0 Å². The van der Waals surface area contributed by atoms with Gasteiger partial charge in [0, 0.05) is 32.1 Å². The fraction of sp³-hybridized carbons (Fsp3) is 0.905. The summed E-state index contributed by atoms with van der Waals surface area (Å²) in [6.07, 6.45) is 2.66. The first-order valence-corrected chi connectivity index (χ1v) is 10.7. The number of aliphatic hydroxyl groups is 1. The SMILES string of the molecule is CC(C)C1CN(C(=O)C2(OCC(C)C3CN(C(=O)C4CC(O)C4)C3)CC2)C1.